The lowest BCUT2D eigenvalue weighted by Gasteiger charge is -1.94. The topological polar surface area (TPSA) is 69.6 Å². The zero-order valence-corrected chi connectivity index (χ0v) is 8.75. The van der Waals surface area contributed by atoms with Crippen LogP contribution in [0.5, 0.6) is 0 Å². The summed E-state index contributed by atoms with van der Waals surface area (Å²) >= 11 is 6.32. The number of nitrogens with zero attached hydrogens (tertiary/aromatic N) is 4. The second-order valence-corrected chi connectivity index (χ2v) is 3.97. The predicted octanol–water partition coefficient (Wildman–Crippen LogP) is 0.417. The van der Waals surface area contributed by atoms with Crippen molar-refractivity contribution in [2.75, 3.05) is 0 Å². The summed E-state index contributed by atoms with van der Waals surface area (Å²) in [5.74, 6) is 0.400. The highest BCUT2D eigenvalue weighted by atomic mass is 32.1. The van der Waals surface area contributed by atoms with Crippen molar-refractivity contribution in [1.82, 2.24) is 19.7 Å². The third-order valence-corrected chi connectivity index (χ3v) is 2.48. The van der Waals surface area contributed by atoms with E-state index in [4.69, 9.17) is 18.0 Å². The molecule has 7 heteroatoms. The first kappa shape index (κ1) is 9.22. The molecule has 14 heavy (non-hydrogen) atoms. The lowest BCUT2D eigenvalue weighted by atomic mass is 10.6. The molecule has 0 radical (unpaired) electrons. The quantitative estimate of drug-likeness (QED) is 0.766. The number of hydrogen-bond donors (Lipinski definition) is 1. The molecule has 0 unspecified atom stereocenters. The van der Waals surface area contributed by atoms with Gasteiger partial charge in [0.05, 0.1) is 6.54 Å². The summed E-state index contributed by atoms with van der Waals surface area (Å²) in [7, 11) is 0. The van der Waals surface area contributed by atoms with E-state index in [-0.39, 0.29) is 4.99 Å². The van der Waals surface area contributed by atoms with Gasteiger partial charge in [-0.2, -0.15) is 0 Å². The third-order valence-electron chi connectivity index (χ3n) is 1.54. The van der Waals surface area contributed by atoms with Gasteiger partial charge >= 0.3 is 0 Å². The zero-order chi connectivity index (χ0) is 9.97. The molecule has 0 aliphatic carbocycles. The van der Waals surface area contributed by atoms with E-state index in [1.807, 2.05) is 5.38 Å². The van der Waals surface area contributed by atoms with Crippen molar-refractivity contribution in [1.29, 1.82) is 0 Å². The van der Waals surface area contributed by atoms with E-state index in [2.05, 4.69) is 15.1 Å². The van der Waals surface area contributed by atoms with Crippen molar-refractivity contribution in [3.8, 4) is 0 Å². The summed E-state index contributed by atoms with van der Waals surface area (Å²) in [5, 5.41) is 6.98. The van der Waals surface area contributed by atoms with Crippen LogP contribution < -0.4 is 5.73 Å². The van der Waals surface area contributed by atoms with Crippen molar-refractivity contribution >= 4 is 28.5 Å². The second-order valence-electron chi connectivity index (χ2n) is 2.56. The molecule has 0 saturated heterocycles. The highest BCUT2D eigenvalue weighted by molar-refractivity contribution is 7.80. The fraction of sp³-hybridized carbons (Fsp3) is 0.143. The molecule has 0 saturated carbocycles. The lowest BCUT2D eigenvalue weighted by Crippen LogP contribution is -2.12. The Balaban J connectivity index is 2.14. The first-order valence-electron chi connectivity index (χ1n) is 3.83. The van der Waals surface area contributed by atoms with E-state index >= 15 is 0 Å². The molecule has 2 N–H and O–H groups in total. The van der Waals surface area contributed by atoms with Gasteiger partial charge in [-0.1, -0.05) is 12.2 Å². The predicted molar refractivity (Wildman–Crippen MR) is 57.1 cm³/mol. The fourth-order valence-electron chi connectivity index (χ4n) is 0.953. The Morgan fingerprint density at radius 3 is 3.00 bits per heavy atom. The van der Waals surface area contributed by atoms with Crippen molar-refractivity contribution in [3.05, 3.63) is 28.7 Å². The normalized spacial score (nSPS) is 10.3. The molecule has 0 aliphatic rings. The van der Waals surface area contributed by atoms with Crippen LogP contribution in [0.1, 0.15) is 10.8 Å². The van der Waals surface area contributed by atoms with Crippen LogP contribution in [-0.2, 0) is 6.54 Å². The van der Waals surface area contributed by atoms with Gasteiger partial charge in [0.2, 0.25) is 5.82 Å². The molecule has 0 aromatic carbocycles. The molecule has 0 aliphatic heterocycles. The van der Waals surface area contributed by atoms with Gasteiger partial charge < -0.3 is 5.73 Å². The van der Waals surface area contributed by atoms with Crippen molar-refractivity contribution in [2.24, 2.45) is 5.73 Å². The first-order valence-corrected chi connectivity index (χ1v) is 5.12. The minimum Gasteiger partial charge on any atom is -0.387 e. The molecule has 0 spiro atoms. The van der Waals surface area contributed by atoms with E-state index < -0.39 is 0 Å². The average molecular weight is 225 g/mol. The molecular formula is C7H7N5S2. The number of nitrogens with two attached hydrogens (primary N) is 1. The van der Waals surface area contributed by atoms with Crippen LogP contribution in [0.15, 0.2) is 17.9 Å². The summed E-state index contributed by atoms with van der Waals surface area (Å²) in [6, 6.07) is 0. The monoisotopic (exact) mass is 225 g/mol. The average Bonchev–Trinajstić information content (AvgIpc) is 2.75. The van der Waals surface area contributed by atoms with E-state index in [9.17, 15) is 0 Å². The number of thiazole rings is 1. The van der Waals surface area contributed by atoms with Gasteiger partial charge in [0.15, 0.2) is 0 Å². The third kappa shape index (κ3) is 1.94. The summed E-state index contributed by atoms with van der Waals surface area (Å²) in [6.45, 7) is 0.604. The summed E-state index contributed by atoms with van der Waals surface area (Å²) in [5.41, 5.74) is 5.38. The molecule has 0 bridgehead atoms. The maximum atomic E-state index is 5.38. The smallest absolute Gasteiger partial charge is 0.208 e. The van der Waals surface area contributed by atoms with E-state index in [0.29, 0.717) is 12.4 Å². The van der Waals surface area contributed by atoms with Gasteiger partial charge in [-0.05, 0) is 0 Å². The molecule has 2 aromatic heterocycles. The van der Waals surface area contributed by atoms with Crippen molar-refractivity contribution in [3.63, 3.8) is 0 Å². The van der Waals surface area contributed by atoms with Crippen LogP contribution in [0.25, 0.3) is 0 Å². The standard InChI is InChI=1S/C7H7N5S2/c8-6(13)7-10-4-12(11-7)3-5-9-1-2-14-5/h1-2,4H,3H2,(H2,8,13). The molecule has 0 fully saturated rings. The highest BCUT2D eigenvalue weighted by Crippen LogP contribution is 2.05. The molecular weight excluding hydrogens is 218 g/mol. The Morgan fingerprint density at radius 1 is 1.57 bits per heavy atom. The molecule has 2 heterocycles. The Morgan fingerprint density at radius 2 is 2.43 bits per heavy atom. The first-order chi connectivity index (χ1) is 6.75. The Bertz CT molecular complexity index is 433. The number of rotatable bonds is 3. The van der Waals surface area contributed by atoms with E-state index in [0.717, 1.165) is 5.01 Å². The number of aromatic nitrogens is 4. The van der Waals surface area contributed by atoms with Gasteiger partial charge in [-0.15, -0.1) is 16.4 Å². The van der Waals surface area contributed by atoms with Crippen LogP contribution in [0.2, 0.25) is 0 Å². The summed E-state index contributed by atoms with van der Waals surface area (Å²) < 4.78 is 1.66. The molecule has 0 amide bonds. The van der Waals surface area contributed by atoms with Crippen molar-refractivity contribution in [2.45, 2.75) is 6.54 Å². The Labute approximate surface area is 89.6 Å². The maximum absolute atomic E-state index is 5.38. The van der Waals surface area contributed by atoms with Crippen LogP contribution >= 0.6 is 23.6 Å². The van der Waals surface area contributed by atoms with Crippen molar-refractivity contribution < 1.29 is 0 Å². The van der Waals surface area contributed by atoms with Gasteiger partial charge in [0, 0.05) is 11.6 Å². The fourth-order valence-corrected chi connectivity index (χ4v) is 1.65. The minimum absolute atomic E-state index is 0.211. The van der Waals surface area contributed by atoms with Gasteiger partial charge in [0.1, 0.15) is 16.3 Å². The summed E-state index contributed by atoms with van der Waals surface area (Å²) in [6.07, 6.45) is 3.35. The van der Waals surface area contributed by atoms with Gasteiger partial charge in [-0.25, -0.2) is 14.6 Å². The lowest BCUT2D eigenvalue weighted by molar-refractivity contribution is 0.680. The molecule has 2 rings (SSSR count). The largest absolute Gasteiger partial charge is 0.387 e. The van der Waals surface area contributed by atoms with Gasteiger partial charge in [0.25, 0.3) is 0 Å². The number of hydrogen-bond acceptors (Lipinski definition) is 5. The van der Waals surface area contributed by atoms with Crippen LogP contribution in [-0.4, -0.2) is 24.7 Å². The Hall–Kier alpha value is -1.34. The highest BCUT2D eigenvalue weighted by Gasteiger charge is 2.04. The minimum atomic E-state index is 0.211. The zero-order valence-electron chi connectivity index (χ0n) is 7.12. The van der Waals surface area contributed by atoms with E-state index in [1.165, 1.54) is 0 Å². The van der Waals surface area contributed by atoms with Crippen LogP contribution in [0.3, 0.4) is 0 Å². The molecule has 5 nitrogen and oxygen atoms in total. The molecule has 72 valence electrons. The van der Waals surface area contributed by atoms with E-state index in [1.54, 1.807) is 28.5 Å². The Kier molecular flexibility index (Phi) is 2.51. The summed E-state index contributed by atoms with van der Waals surface area (Å²) in [4.78, 5) is 8.30. The SMILES string of the molecule is NC(=S)c1ncn(Cc2nccs2)n1. The maximum Gasteiger partial charge on any atom is 0.208 e. The number of thiocarbonyl (C=S) groups is 1. The second kappa shape index (κ2) is 3.81. The van der Waals surface area contributed by atoms with Crippen LogP contribution in [0.4, 0.5) is 0 Å². The molecule has 2 aromatic rings. The van der Waals surface area contributed by atoms with Gasteiger partial charge in [-0.3, -0.25) is 0 Å². The van der Waals surface area contributed by atoms with Crippen LogP contribution in [0, 0.1) is 0 Å². The molecule has 0 atom stereocenters.